The molecule has 0 radical (unpaired) electrons. The maximum Gasteiger partial charge on any atom is 0.274 e. The molecule has 1 saturated heterocycles. The van der Waals surface area contributed by atoms with E-state index in [1.165, 1.54) is 12.1 Å². The topological polar surface area (TPSA) is 53.7 Å². The van der Waals surface area contributed by atoms with E-state index in [0.29, 0.717) is 24.4 Å². The number of rotatable bonds is 3. The van der Waals surface area contributed by atoms with Crippen LogP contribution in [0.4, 0.5) is 4.39 Å². The molecule has 1 aliphatic rings. The van der Waals surface area contributed by atoms with Gasteiger partial charge in [0.05, 0.1) is 4.47 Å². The molecule has 6 nitrogen and oxygen atoms in total. The number of amides is 1. The normalized spacial score (nSPS) is 15.5. The van der Waals surface area contributed by atoms with E-state index < -0.39 is 0 Å². The van der Waals surface area contributed by atoms with Crippen molar-refractivity contribution in [1.82, 2.24) is 24.4 Å². The minimum Gasteiger partial charge on any atom is -0.335 e. The summed E-state index contributed by atoms with van der Waals surface area (Å²) in [7, 11) is 0. The molecule has 1 fully saturated rings. The molecule has 134 valence electrons. The molecule has 0 N–H and O–H groups in total. The first-order chi connectivity index (χ1) is 12.6. The standard InChI is InChI=1S/C18H17BrFN5O/c19-14-10-21-17-9-16(22-25(17)12-14)18(26)24-7-5-23(6-8-24)11-13-1-3-15(20)4-2-13/h1-4,9-10,12H,5-8,11H2. The molecule has 3 aromatic rings. The summed E-state index contributed by atoms with van der Waals surface area (Å²) in [6.07, 6.45) is 3.46. The van der Waals surface area contributed by atoms with Gasteiger partial charge in [-0.25, -0.2) is 13.9 Å². The van der Waals surface area contributed by atoms with E-state index in [0.717, 1.165) is 29.7 Å². The van der Waals surface area contributed by atoms with Crippen LogP contribution >= 0.6 is 15.9 Å². The predicted octanol–water partition coefficient (Wildman–Crippen LogP) is 2.59. The highest BCUT2D eigenvalue weighted by Gasteiger charge is 2.24. The highest BCUT2D eigenvalue weighted by atomic mass is 79.9. The fourth-order valence-corrected chi connectivity index (χ4v) is 3.37. The lowest BCUT2D eigenvalue weighted by Gasteiger charge is -2.34. The van der Waals surface area contributed by atoms with E-state index >= 15 is 0 Å². The zero-order chi connectivity index (χ0) is 18.1. The summed E-state index contributed by atoms with van der Waals surface area (Å²) in [5.74, 6) is -0.300. The number of piperazine rings is 1. The average Bonchev–Trinajstić information content (AvgIpc) is 3.07. The molecule has 0 unspecified atom stereocenters. The minimum atomic E-state index is -0.224. The lowest BCUT2D eigenvalue weighted by atomic mass is 10.2. The number of halogens is 2. The third-order valence-electron chi connectivity index (χ3n) is 4.48. The molecule has 26 heavy (non-hydrogen) atoms. The molecule has 0 spiro atoms. The van der Waals surface area contributed by atoms with Crippen molar-refractivity contribution in [1.29, 1.82) is 0 Å². The molecule has 0 aliphatic carbocycles. The first-order valence-electron chi connectivity index (χ1n) is 8.35. The summed E-state index contributed by atoms with van der Waals surface area (Å²) < 4.78 is 15.4. The summed E-state index contributed by atoms with van der Waals surface area (Å²) in [4.78, 5) is 21.0. The van der Waals surface area contributed by atoms with E-state index in [2.05, 4.69) is 30.9 Å². The van der Waals surface area contributed by atoms with Crippen LogP contribution in [-0.4, -0.2) is 56.5 Å². The number of nitrogens with zero attached hydrogens (tertiary/aromatic N) is 5. The van der Waals surface area contributed by atoms with Crippen molar-refractivity contribution < 1.29 is 9.18 Å². The summed E-state index contributed by atoms with van der Waals surface area (Å²) in [6.45, 7) is 3.60. The van der Waals surface area contributed by atoms with Crippen LogP contribution < -0.4 is 0 Å². The van der Waals surface area contributed by atoms with Gasteiger partial charge >= 0.3 is 0 Å². The largest absolute Gasteiger partial charge is 0.335 e. The number of carbonyl (C=O) groups is 1. The molecule has 8 heteroatoms. The van der Waals surface area contributed by atoms with Gasteiger partial charge in [-0.15, -0.1) is 0 Å². The van der Waals surface area contributed by atoms with Crippen LogP contribution in [0.5, 0.6) is 0 Å². The second-order valence-electron chi connectivity index (χ2n) is 6.30. The van der Waals surface area contributed by atoms with E-state index in [1.54, 1.807) is 35.1 Å². The van der Waals surface area contributed by atoms with Crippen molar-refractivity contribution in [3.05, 3.63) is 64.3 Å². The van der Waals surface area contributed by atoms with Gasteiger partial charge in [-0.2, -0.15) is 5.10 Å². The SMILES string of the molecule is O=C(c1cc2ncc(Br)cn2n1)N1CCN(Cc2ccc(F)cc2)CC1. The molecule has 1 amide bonds. The summed E-state index contributed by atoms with van der Waals surface area (Å²) in [5.41, 5.74) is 2.12. The lowest BCUT2D eigenvalue weighted by Crippen LogP contribution is -2.48. The average molecular weight is 418 g/mol. The van der Waals surface area contributed by atoms with Gasteiger partial charge in [0.1, 0.15) is 5.82 Å². The molecule has 0 saturated carbocycles. The molecular weight excluding hydrogens is 401 g/mol. The predicted molar refractivity (Wildman–Crippen MR) is 98.3 cm³/mol. The van der Waals surface area contributed by atoms with Gasteiger partial charge in [0.15, 0.2) is 11.3 Å². The fourth-order valence-electron chi connectivity index (χ4n) is 3.08. The molecule has 0 bridgehead atoms. The van der Waals surface area contributed by atoms with Gasteiger partial charge in [0, 0.05) is 51.2 Å². The summed E-state index contributed by atoms with van der Waals surface area (Å²) in [6, 6.07) is 8.26. The van der Waals surface area contributed by atoms with Gasteiger partial charge in [0.25, 0.3) is 5.91 Å². The fraction of sp³-hybridized carbons (Fsp3) is 0.278. The van der Waals surface area contributed by atoms with Crippen molar-refractivity contribution >= 4 is 27.5 Å². The lowest BCUT2D eigenvalue weighted by molar-refractivity contribution is 0.0622. The van der Waals surface area contributed by atoms with Crippen LogP contribution in [0.25, 0.3) is 5.65 Å². The van der Waals surface area contributed by atoms with Gasteiger partial charge in [-0.3, -0.25) is 9.69 Å². The quantitative estimate of drug-likeness (QED) is 0.657. The second-order valence-corrected chi connectivity index (χ2v) is 7.22. The van der Waals surface area contributed by atoms with Crippen molar-refractivity contribution in [3.63, 3.8) is 0 Å². The Morgan fingerprint density at radius 1 is 1.15 bits per heavy atom. The van der Waals surface area contributed by atoms with Crippen molar-refractivity contribution in [3.8, 4) is 0 Å². The van der Waals surface area contributed by atoms with E-state index in [1.807, 2.05) is 4.90 Å². The first-order valence-corrected chi connectivity index (χ1v) is 9.15. The highest BCUT2D eigenvalue weighted by Crippen LogP contribution is 2.14. The molecule has 4 rings (SSSR count). The number of carbonyl (C=O) groups excluding carboxylic acids is 1. The van der Waals surface area contributed by atoms with E-state index in [9.17, 15) is 9.18 Å². The number of aromatic nitrogens is 3. The smallest absolute Gasteiger partial charge is 0.274 e. The van der Waals surface area contributed by atoms with Crippen molar-refractivity contribution in [2.45, 2.75) is 6.54 Å². The Balaban J connectivity index is 1.38. The van der Waals surface area contributed by atoms with Crippen LogP contribution in [0, 0.1) is 5.82 Å². The molecular formula is C18H17BrFN5O. The Bertz CT molecular complexity index is 934. The molecule has 0 atom stereocenters. The third kappa shape index (κ3) is 3.61. The summed E-state index contributed by atoms with van der Waals surface area (Å²) >= 11 is 3.35. The second kappa shape index (κ2) is 7.13. The Kier molecular flexibility index (Phi) is 4.69. The van der Waals surface area contributed by atoms with Crippen LogP contribution in [0.2, 0.25) is 0 Å². The minimum absolute atomic E-state index is 0.0759. The van der Waals surface area contributed by atoms with Crippen LogP contribution in [0.15, 0.2) is 47.2 Å². The zero-order valence-corrected chi connectivity index (χ0v) is 15.6. The Morgan fingerprint density at radius 2 is 1.88 bits per heavy atom. The van der Waals surface area contributed by atoms with Crippen LogP contribution in [0.3, 0.4) is 0 Å². The Hall–Kier alpha value is -2.32. The van der Waals surface area contributed by atoms with Gasteiger partial charge in [0.2, 0.25) is 0 Å². The van der Waals surface area contributed by atoms with Crippen LogP contribution in [-0.2, 0) is 6.54 Å². The Labute approximate surface area is 158 Å². The van der Waals surface area contributed by atoms with Crippen molar-refractivity contribution in [2.75, 3.05) is 26.2 Å². The van der Waals surface area contributed by atoms with Gasteiger partial charge < -0.3 is 4.90 Å². The molecule has 1 aliphatic heterocycles. The zero-order valence-electron chi connectivity index (χ0n) is 14.0. The maximum atomic E-state index is 13.0. The highest BCUT2D eigenvalue weighted by molar-refractivity contribution is 9.10. The van der Waals surface area contributed by atoms with E-state index in [-0.39, 0.29) is 11.7 Å². The Morgan fingerprint density at radius 3 is 2.62 bits per heavy atom. The van der Waals surface area contributed by atoms with E-state index in [4.69, 9.17) is 0 Å². The number of benzene rings is 1. The number of hydrogen-bond donors (Lipinski definition) is 0. The first kappa shape index (κ1) is 17.1. The van der Waals surface area contributed by atoms with Gasteiger partial charge in [-0.1, -0.05) is 12.1 Å². The van der Waals surface area contributed by atoms with Gasteiger partial charge in [-0.05, 0) is 33.6 Å². The molecule has 2 aromatic heterocycles. The number of hydrogen-bond acceptors (Lipinski definition) is 4. The monoisotopic (exact) mass is 417 g/mol. The van der Waals surface area contributed by atoms with Crippen LogP contribution in [0.1, 0.15) is 16.1 Å². The molecule has 3 heterocycles. The number of fused-ring (bicyclic) bond motifs is 1. The van der Waals surface area contributed by atoms with Crippen molar-refractivity contribution in [2.24, 2.45) is 0 Å². The third-order valence-corrected chi connectivity index (χ3v) is 4.89. The summed E-state index contributed by atoms with van der Waals surface area (Å²) in [5, 5.41) is 4.33. The maximum absolute atomic E-state index is 13.0. The molecule has 1 aromatic carbocycles.